The van der Waals surface area contributed by atoms with E-state index in [1.54, 1.807) is 11.3 Å². The summed E-state index contributed by atoms with van der Waals surface area (Å²) < 4.78 is 0. The normalized spacial score (nSPS) is 20.6. The third-order valence-corrected chi connectivity index (χ3v) is 6.31. The third-order valence-electron chi connectivity index (χ3n) is 5.49. The lowest BCUT2D eigenvalue weighted by Gasteiger charge is -2.32. The SMILES string of the molecule is CN=C(NCC1CCN(Cc2csc(C)n2)CC1)NC1CCCCC1.I. The van der Waals surface area contributed by atoms with E-state index in [9.17, 15) is 0 Å². The van der Waals surface area contributed by atoms with Crippen molar-refractivity contribution in [2.75, 3.05) is 26.7 Å². The number of nitrogens with zero attached hydrogens (tertiary/aromatic N) is 3. The molecule has 2 N–H and O–H groups in total. The lowest BCUT2D eigenvalue weighted by molar-refractivity contribution is 0.176. The Labute approximate surface area is 179 Å². The molecule has 2 heterocycles. The number of hydrogen-bond donors (Lipinski definition) is 2. The summed E-state index contributed by atoms with van der Waals surface area (Å²) in [5.41, 5.74) is 1.23. The van der Waals surface area contributed by atoms with Crippen molar-refractivity contribution in [2.45, 2.75) is 64.5 Å². The van der Waals surface area contributed by atoms with E-state index in [0.29, 0.717) is 6.04 Å². The Kier molecular flexibility index (Phi) is 9.63. The van der Waals surface area contributed by atoms with E-state index in [0.717, 1.165) is 25.0 Å². The molecule has 2 aliphatic rings. The standard InChI is InChI=1S/C19H33N5S.HI/c1-15-22-18(14-25-15)13-24-10-8-16(9-11-24)12-21-19(20-2)23-17-6-4-3-5-7-17;/h14,16-17H,3-13H2,1-2H3,(H2,20,21,23);1H. The molecule has 0 atom stereocenters. The van der Waals surface area contributed by atoms with Crippen molar-refractivity contribution in [1.29, 1.82) is 0 Å². The van der Waals surface area contributed by atoms with Crippen molar-refractivity contribution < 1.29 is 0 Å². The average Bonchev–Trinajstić information content (AvgIpc) is 3.05. The summed E-state index contributed by atoms with van der Waals surface area (Å²) in [4.78, 5) is 11.5. The molecule has 26 heavy (non-hydrogen) atoms. The lowest BCUT2D eigenvalue weighted by atomic mass is 9.95. The van der Waals surface area contributed by atoms with Crippen molar-refractivity contribution in [3.05, 3.63) is 16.1 Å². The number of halogens is 1. The van der Waals surface area contributed by atoms with Gasteiger partial charge < -0.3 is 10.6 Å². The summed E-state index contributed by atoms with van der Waals surface area (Å²) in [5, 5.41) is 10.5. The van der Waals surface area contributed by atoms with Crippen molar-refractivity contribution in [1.82, 2.24) is 20.5 Å². The van der Waals surface area contributed by atoms with E-state index in [1.807, 2.05) is 7.05 Å². The maximum Gasteiger partial charge on any atom is 0.191 e. The van der Waals surface area contributed by atoms with Crippen LogP contribution in [0.1, 0.15) is 55.6 Å². The molecule has 148 valence electrons. The largest absolute Gasteiger partial charge is 0.356 e. The number of aromatic nitrogens is 1. The van der Waals surface area contributed by atoms with Gasteiger partial charge >= 0.3 is 0 Å². The van der Waals surface area contributed by atoms with Crippen LogP contribution in [0.25, 0.3) is 0 Å². The number of nitrogens with one attached hydrogen (secondary N) is 2. The molecule has 0 radical (unpaired) electrons. The van der Waals surface area contributed by atoms with Gasteiger partial charge in [-0.25, -0.2) is 4.98 Å². The van der Waals surface area contributed by atoms with E-state index < -0.39 is 0 Å². The Morgan fingerprint density at radius 1 is 1.23 bits per heavy atom. The van der Waals surface area contributed by atoms with E-state index >= 15 is 0 Å². The van der Waals surface area contributed by atoms with Gasteiger partial charge in [-0.15, -0.1) is 35.3 Å². The zero-order valence-electron chi connectivity index (χ0n) is 16.2. The lowest BCUT2D eigenvalue weighted by Crippen LogP contribution is -2.46. The number of thiazole rings is 1. The Balaban J connectivity index is 0.00000243. The average molecular weight is 491 g/mol. The number of guanidine groups is 1. The van der Waals surface area contributed by atoms with Gasteiger partial charge in [0.2, 0.25) is 0 Å². The first-order chi connectivity index (χ1) is 12.2. The molecule has 0 aromatic carbocycles. The summed E-state index contributed by atoms with van der Waals surface area (Å²) >= 11 is 1.75. The highest BCUT2D eigenvalue weighted by Crippen LogP contribution is 2.20. The molecule has 1 saturated carbocycles. The monoisotopic (exact) mass is 491 g/mol. The maximum atomic E-state index is 4.59. The zero-order valence-corrected chi connectivity index (χ0v) is 19.3. The number of rotatable bonds is 5. The van der Waals surface area contributed by atoms with Gasteiger partial charge in [-0.2, -0.15) is 0 Å². The fourth-order valence-electron chi connectivity index (χ4n) is 3.93. The summed E-state index contributed by atoms with van der Waals surface area (Å²) in [7, 11) is 1.89. The topological polar surface area (TPSA) is 52.6 Å². The molecular weight excluding hydrogens is 457 g/mol. The molecule has 0 amide bonds. The first-order valence-electron chi connectivity index (χ1n) is 9.83. The molecule has 0 unspecified atom stereocenters. The van der Waals surface area contributed by atoms with Gasteiger partial charge in [-0.05, 0) is 51.6 Å². The highest BCUT2D eigenvalue weighted by Gasteiger charge is 2.21. The molecule has 1 aliphatic heterocycles. The minimum Gasteiger partial charge on any atom is -0.356 e. The molecule has 5 nitrogen and oxygen atoms in total. The van der Waals surface area contributed by atoms with Crippen LogP contribution in [-0.4, -0.2) is 48.6 Å². The molecule has 0 bridgehead atoms. The predicted molar refractivity (Wildman–Crippen MR) is 122 cm³/mol. The molecule has 1 aliphatic carbocycles. The number of aliphatic imine (C=N–C) groups is 1. The van der Waals surface area contributed by atoms with Crippen molar-refractivity contribution in [3.8, 4) is 0 Å². The summed E-state index contributed by atoms with van der Waals surface area (Å²) in [6.45, 7) is 6.49. The van der Waals surface area contributed by atoms with Gasteiger partial charge in [0.25, 0.3) is 0 Å². The Morgan fingerprint density at radius 3 is 2.58 bits per heavy atom. The second kappa shape index (κ2) is 11.4. The molecule has 1 saturated heterocycles. The number of likely N-dealkylation sites (tertiary alicyclic amines) is 1. The van der Waals surface area contributed by atoms with E-state index in [4.69, 9.17) is 0 Å². The highest BCUT2D eigenvalue weighted by molar-refractivity contribution is 14.0. The molecule has 0 spiro atoms. The summed E-state index contributed by atoms with van der Waals surface area (Å²) in [5.74, 6) is 1.74. The molecule has 1 aromatic rings. The zero-order chi connectivity index (χ0) is 17.5. The number of hydrogen-bond acceptors (Lipinski definition) is 4. The fraction of sp³-hybridized carbons (Fsp3) is 0.789. The highest BCUT2D eigenvalue weighted by atomic mass is 127. The Hall–Kier alpha value is -0.410. The van der Waals surface area contributed by atoms with Crippen molar-refractivity contribution in [2.24, 2.45) is 10.9 Å². The van der Waals surface area contributed by atoms with Crippen LogP contribution in [0.5, 0.6) is 0 Å². The summed E-state index contributed by atoms with van der Waals surface area (Å²) in [6.07, 6.45) is 9.19. The quantitative estimate of drug-likeness (QED) is 0.374. The van der Waals surface area contributed by atoms with Crippen LogP contribution in [-0.2, 0) is 6.54 Å². The smallest absolute Gasteiger partial charge is 0.191 e. The van der Waals surface area contributed by atoms with Crippen LogP contribution in [0.4, 0.5) is 0 Å². The van der Waals surface area contributed by atoms with Crippen LogP contribution >= 0.6 is 35.3 Å². The van der Waals surface area contributed by atoms with Gasteiger partial charge in [0.15, 0.2) is 5.96 Å². The van der Waals surface area contributed by atoms with E-state index in [2.05, 4.69) is 37.8 Å². The van der Waals surface area contributed by atoms with E-state index in [-0.39, 0.29) is 24.0 Å². The first-order valence-corrected chi connectivity index (χ1v) is 10.7. The number of piperidine rings is 1. The van der Waals surface area contributed by atoms with Gasteiger partial charge in [-0.3, -0.25) is 9.89 Å². The van der Waals surface area contributed by atoms with Crippen LogP contribution < -0.4 is 10.6 Å². The molecule has 3 rings (SSSR count). The van der Waals surface area contributed by atoms with E-state index in [1.165, 1.54) is 68.7 Å². The molecule has 7 heteroatoms. The van der Waals surface area contributed by atoms with Crippen molar-refractivity contribution >= 4 is 41.3 Å². The van der Waals surface area contributed by atoms with Gasteiger partial charge in [0.1, 0.15) is 0 Å². The number of aryl methyl sites for hydroxylation is 1. The second-order valence-electron chi connectivity index (χ2n) is 7.51. The van der Waals surface area contributed by atoms with Gasteiger partial charge in [0, 0.05) is 31.6 Å². The second-order valence-corrected chi connectivity index (χ2v) is 8.57. The van der Waals surface area contributed by atoms with Crippen LogP contribution in [0, 0.1) is 12.8 Å². The first kappa shape index (κ1) is 21.9. The summed E-state index contributed by atoms with van der Waals surface area (Å²) in [6, 6.07) is 0.614. The molecule has 2 fully saturated rings. The minimum atomic E-state index is 0. The Morgan fingerprint density at radius 2 is 1.96 bits per heavy atom. The molecule has 1 aromatic heterocycles. The van der Waals surface area contributed by atoms with Crippen LogP contribution in [0.15, 0.2) is 10.4 Å². The third kappa shape index (κ3) is 6.96. The van der Waals surface area contributed by atoms with Crippen LogP contribution in [0.3, 0.4) is 0 Å². The minimum absolute atomic E-state index is 0. The van der Waals surface area contributed by atoms with Crippen LogP contribution in [0.2, 0.25) is 0 Å². The molecular formula is C19H34IN5S. The Bertz CT molecular complexity index is 548. The predicted octanol–water partition coefficient (Wildman–Crippen LogP) is 3.78. The van der Waals surface area contributed by atoms with Gasteiger partial charge in [0.05, 0.1) is 10.7 Å². The fourth-order valence-corrected chi connectivity index (χ4v) is 4.54. The van der Waals surface area contributed by atoms with Crippen molar-refractivity contribution in [3.63, 3.8) is 0 Å². The maximum absolute atomic E-state index is 4.59. The van der Waals surface area contributed by atoms with Gasteiger partial charge in [-0.1, -0.05) is 19.3 Å².